The van der Waals surface area contributed by atoms with Gasteiger partial charge in [0.25, 0.3) is 5.91 Å². The van der Waals surface area contributed by atoms with Crippen LogP contribution in [-0.2, 0) is 29.1 Å². The van der Waals surface area contributed by atoms with Gasteiger partial charge in [0.05, 0.1) is 24.5 Å². The maximum absolute atomic E-state index is 14.1. The van der Waals surface area contributed by atoms with Crippen LogP contribution in [-0.4, -0.2) is 89.5 Å². The van der Waals surface area contributed by atoms with Crippen molar-refractivity contribution in [1.29, 1.82) is 0 Å². The third-order valence-electron chi connectivity index (χ3n) is 7.08. The van der Waals surface area contributed by atoms with Crippen molar-refractivity contribution in [3.8, 4) is 5.88 Å². The molecule has 1 saturated heterocycles. The molecule has 3 atom stereocenters. The van der Waals surface area contributed by atoms with E-state index in [1.807, 2.05) is 29.0 Å². The Balaban J connectivity index is 1.55. The number of alkyl carbamates (subject to hydrolysis) is 1. The summed E-state index contributed by atoms with van der Waals surface area (Å²) in [5.41, 5.74) is -1.59. The molecule has 1 aromatic carbocycles. The summed E-state index contributed by atoms with van der Waals surface area (Å²) < 4.78 is 37.8. The van der Waals surface area contributed by atoms with E-state index in [9.17, 15) is 27.6 Å². The Morgan fingerprint density at radius 2 is 1.75 bits per heavy atom. The number of carbonyl (C=O) groups is 4. The normalized spacial score (nSPS) is 19.6. The quantitative estimate of drug-likeness (QED) is 0.367. The molecule has 1 aliphatic carbocycles. The summed E-state index contributed by atoms with van der Waals surface area (Å²) in [6.07, 6.45) is 1.09. The van der Waals surface area contributed by atoms with Crippen LogP contribution in [0.5, 0.6) is 5.88 Å². The van der Waals surface area contributed by atoms with Crippen molar-refractivity contribution in [1.82, 2.24) is 30.5 Å². The monoisotopic (exact) mass is 632 g/mol. The number of nitrogens with one attached hydrogen (secondary N) is 3. The number of fused-ring (bicyclic) bond motifs is 1. The minimum atomic E-state index is -3.79. The van der Waals surface area contributed by atoms with E-state index in [4.69, 9.17) is 9.47 Å². The lowest BCUT2D eigenvalue weighted by Gasteiger charge is -2.35. The van der Waals surface area contributed by atoms with Gasteiger partial charge >= 0.3 is 6.09 Å². The van der Waals surface area contributed by atoms with Gasteiger partial charge in [0, 0.05) is 17.2 Å². The molecule has 2 heterocycles. The Bertz CT molecular complexity index is 1530. The maximum atomic E-state index is 14.1. The van der Waals surface area contributed by atoms with Crippen LogP contribution in [0, 0.1) is 5.41 Å². The predicted octanol–water partition coefficient (Wildman–Crippen LogP) is 1.64. The fraction of sp³-hybridized carbons (Fsp3) is 0.586. The highest BCUT2D eigenvalue weighted by molar-refractivity contribution is 7.90. The van der Waals surface area contributed by atoms with Crippen molar-refractivity contribution in [2.24, 2.45) is 5.41 Å². The second-order valence-electron chi connectivity index (χ2n) is 13.2. The number of sulfonamides is 1. The van der Waals surface area contributed by atoms with Gasteiger partial charge in [0.15, 0.2) is 0 Å². The zero-order valence-electron chi connectivity index (χ0n) is 25.7. The van der Waals surface area contributed by atoms with E-state index in [-0.39, 0.29) is 18.8 Å². The number of amides is 4. The summed E-state index contributed by atoms with van der Waals surface area (Å²) in [6.45, 7) is 9.75. The predicted molar refractivity (Wildman–Crippen MR) is 160 cm³/mol. The molecule has 44 heavy (non-hydrogen) atoms. The minimum Gasteiger partial charge on any atom is -0.471 e. The largest absolute Gasteiger partial charge is 0.471 e. The average Bonchev–Trinajstić information content (AvgIpc) is 3.70. The maximum Gasteiger partial charge on any atom is 0.408 e. The van der Waals surface area contributed by atoms with Crippen LogP contribution < -0.4 is 20.1 Å². The first-order valence-electron chi connectivity index (χ1n) is 14.4. The Kier molecular flexibility index (Phi) is 9.37. The molecule has 240 valence electrons. The smallest absolute Gasteiger partial charge is 0.408 e. The summed E-state index contributed by atoms with van der Waals surface area (Å²) >= 11 is 0. The summed E-state index contributed by atoms with van der Waals surface area (Å²) in [4.78, 5) is 53.8. The highest BCUT2D eigenvalue weighted by atomic mass is 32.2. The lowest BCUT2D eigenvalue weighted by atomic mass is 9.85. The van der Waals surface area contributed by atoms with Crippen LogP contribution in [0.2, 0.25) is 0 Å². The van der Waals surface area contributed by atoms with Crippen molar-refractivity contribution >= 4 is 44.6 Å². The molecular formula is C29H40N6O8S. The molecule has 0 unspecified atom stereocenters. The number of hydrogen-bond donors (Lipinski definition) is 3. The van der Waals surface area contributed by atoms with E-state index in [0.717, 1.165) is 5.39 Å². The van der Waals surface area contributed by atoms with E-state index in [0.29, 0.717) is 18.2 Å². The fourth-order valence-electron chi connectivity index (χ4n) is 4.80. The van der Waals surface area contributed by atoms with Crippen LogP contribution in [0.15, 0.2) is 30.5 Å². The standard InChI is InChI=1S/C29H40N6O8S/c1-28(2,3)23(32-27(39)43-29(4,5)6)26(38)35-16-18(42-25-20-10-8-7-9-17(20)14-31-33-25)13-21(35)24(37)30-15-22(36)34-44(40,41)19-11-12-19/h7-10,14,18-19,21,23H,11-13,15-16H2,1-6H3,(H,30,37)(H,32,39)(H,34,36)/t18-,21+,23-/m1/s1. The van der Waals surface area contributed by atoms with Crippen molar-refractivity contribution in [3.63, 3.8) is 0 Å². The van der Waals surface area contributed by atoms with Crippen LogP contribution in [0.1, 0.15) is 60.8 Å². The molecule has 4 amide bonds. The van der Waals surface area contributed by atoms with Gasteiger partial charge in [-0.05, 0) is 45.1 Å². The van der Waals surface area contributed by atoms with Gasteiger partial charge in [-0.2, -0.15) is 5.10 Å². The van der Waals surface area contributed by atoms with Gasteiger partial charge in [0.1, 0.15) is 23.8 Å². The third kappa shape index (κ3) is 8.33. The van der Waals surface area contributed by atoms with Crippen LogP contribution in [0.25, 0.3) is 10.8 Å². The molecule has 1 aliphatic heterocycles. The molecule has 3 N–H and O–H groups in total. The molecule has 15 heteroatoms. The number of rotatable bonds is 9. The van der Waals surface area contributed by atoms with Crippen LogP contribution in [0.4, 0.5) is 4.79 Å². The minimum absolute atomic E-state index is 0.0351. The zero-order valence-corrected chi connectivity index (χ0v) is 26.6. The summed E-state index contributed by atoms with van der Waals surface area (Å²) in [5.74, 6) is -1.90. The van der Waals surface area contributed by atoms with Crippen molar-refractivity contribution in [3.05, 3.63) is 30.5 Å². The molecule has 14 nitrogen and oxygen atoms in total. The number of hydrogen-bond acceptors (Lipinski definition) is 10. The number of carbonyl (C=O) groups excluding carboxylic acids is 4. The number of ether oxygens (including phenoxy) is 2. The SMILES string of the molecule is CC(C)(C)OC(=O)N[C@H](C(=O)N1C[C@H](Oc2nncc3ccccc23)C[C@H]1C(=O)NCC(=O)NS(=O)(=O)C1CC1)C(C)(C)C. The van der Waals surface area contributed by atoms with Gasteiger partial charge in [-0.25, -0.2) is 13.2 Å². The van der Waals surface area contributed by atoms with E-state index >= 15 is 0 Å². The molecule has 2 aromatic rings. The molecule has 0 spiro atoms. The van der Waals surface area contributed by atoms with E-state index in [1.165, 1.54) is 4.90 Å². The average molecular weight is 633 g/mol. The number of nitrogens with zero attached hydrogens (tertiary/aromatic N) is 3. The molecule has 4 rings (SSSR count). The zero-order chi connectivity index (χ0) is 32.4. The Hall–Kier alpha value is -4.01. The van der Waals surface area contributed by atoms with E-state index in [2.05, 4.69) is 20.8 Å². The summed E-state index contributed by atoms with van der Waals surface area (Å²) in [5, 5.41) is 14.1. The Morgan fingerprint density at radius 3 is 2.39 bits per heavy atom. The molecule has 2 aliphatic rings. The Labute approximate surface area is 256 Å². The number of benzene rings is 1. The lowest BCUT2D eigenvalue weighted by Crippen LogP contribution is -2.58. The van der Waals surface area contributed by atoms with E-state index in [1.54, 1.807) is 47.7 Å². The van der Waals surface area contributed by atoms with Gasteiger partial charge in [-0.3, -0.25) is 19.1 Å². The molecule has 1 saturated carbocycles. The van der Waals surface area contributed by atoms with Crippen LogP contribution >= 0.6 is 0 Å². The van der Waals surface area contributed by atoms with Crippen molar-refractivity contribution in [2.75, 3.05) is 13.1 Å². The van der Waals surface area contributed by atoms with E-state index < -0.39 is 74.8 Å². The highest BCUT2D eigenvalue weighted by Crippen LogP contribution is 2.30. The topological polar surface area (TPSA) is 186 Å². The summed E-state index contributed by atoms with van der Waals surface area (Å²) in [7, 11) is -3.79. The van der Waals surface area contributed by atoms with Gasteiger partial charge < -0.3 is 25.0 Å². The lowest BCUT2D eigenvalue weighted by molar-refractivity contribution is -0.142. The highest BCUT2D eigenvalue weighted by Gasteiger charge is 2.46. The van der Waals surface area contributed by atoms with Crippen molar-refractivity contribution in [2.45, 2.75) is 89.8 Å². The van der Waals surface area contributed by atoms with Crippen molar-refractivity contribution < 1.29 is 37.1 Å². The van der Waals surface area contributed by atoms with Gasteiger partial charge in [0.2, 0.25) is 27.7 Å². The first kappa shape index (κ1) is 32.9. The first-order chi connectivity index (χ1) is 20.4. The molecule has 0 radical (unpaired) electrons. The molecule has 2 fully saturated rings. The molecular weight excluding hydrogens is 592 g/mol. The third-order valence-corrected chi connectivity index (χ3v) is 8.94. The van der Waals surface area contributed by atoms with Gasteiger partial charge in [-0.15, -0.1) is 5.10 Å². The Morgan fingerprint density at radius 1 is 1.07 bits per heavy atom. The number of aromatic nitrogens is 2. The van der Waals surface area contributed by atoms with Crippen LogP contribution in [0.3, 0.4) is 0 Å². The molecule has 1 aromatic heterocycles. The summed E-state index contributed by atoms with van der Waals surface area (Å²) in [6, 6.07) is 5.14. The van der Waals surface area contributed by atoms with Gasteiger partial charge in [-0.1, -0.05) is 39.0 Å². The second-order valence-corrected chi connectivity index (χ2v) is 15.1. The fourth-order valence-corrected chi connectivity index (χ4v) is 6.12. The number of likely N-dealkylation sites (tertiary alicyclic amines) is 1. The first-order valence-corrected chi connectivity index (χ1v) is 16.0. The second kappa shape index (κ2) is 12.5. The molecule has 0 bridgehead atoms.